The Balaban J connectivity index is 2.03. The number of rotatable bonds is 3. The van der Waals surface area contributed by atoms with Crippen LogP contribution in [0.1, 0.15) is 13.3 Å². The molecular weight excluding hydrogens is 222 g/mol. The van der Waals surface area contributed by atoms with Crippen LogP contribution in [0, 0.1) is 11.6 Å². The minimum Gasteiger partial charge on any atom is -0.367 e. The summed E-state index contributed by atoms with van der Waals surface area (Å²) < 4.78 is 26.7. The zero-order chi connectivity index (χ0) is 12.3. The maximum absolute atomic E-state index is 13.6. The molecule has 0 atom stereocenters. The summed E-state index contributed by atoms with van der Waals surface area (Å²) in [5.41, 5.74) is 0.390. The Bertz CT molecular complexity index is 374. The van der Waals surface area contributed by atoms with Gasteiger partial charge in [-0.15, -0.1) is 0 Å². The van der Waals surface area contributed by atoms with Gasteiger partial charge in [0, 0.05) is 26.2 Å². The molecule has 1 aromatic rings. The molecule has 2 rings (SSSR count). The number of hydrogen-bond donors (Lipinski definition) is 0. The molecule has 1 saturated heterocycles. The van der Waals surface area contributed by atoms with Crippen molar-refractivity contribution < 1.29 is 8.78 Å². The van der Waals surface area contributed by atoms with Crippen LogP contribution in [0.25, 0.3) is 0 Å². The van der Waals surface area contributed by atoms with Gasteiger partial charge >= 0.3 is 0 Å². The second-order valence-corrected chi connectivity index (χ2v) is 4.40. The highest BCUT2D eigenvalue weighted by molar-refractivity contribution is 5.48. The van der Waals surface area contributed by atoms with Crippen molar-refractivity contribution in [1.29, 1.82) is 0 Å². The standard InChI is InChI=1S/C13H18F2N2/c1-2-6-16-7-9-17(10-8-16)12-5-3-4-11(14)13(12)15/h3-5H,2,6-10H2,1H3. The quantitative estimate of drug-likeness (QED) is 0.801. The average Bonchev–Trinajstić information content (AvgIpc) is 2.34. The summed E-state index contributed by atoms with van der Waals surface area (Å²) in [6, 6.07) is 4.37. The van der Waals surface area contributed by atoms with Crippen molar-refractivity contribution in [2.24, 2.45) is 0 Å². The molecule has 0 aromatic heterocycles. The summed E-state index contributed by atoms with van der Waals surface area (Å²) in [5, 5.41) is 0. The molecule has 1 heterocycles. The molecule has 0 N–H and O–H groups in total. The third kappa shape index (κ3) is 2.75. The van der Waals surface area contributed by atoms with Crippen LogP contribution in [0.5, 0.6) is 0 Å². The molecule has 0 aliphatic carbocycles. The molecule has 0 bridgehead atoms. The molecule has 94 valence electrons. The Kier molecular flexibility index (Phi) is 3.94. The molecule has 1 aliphatic rings. The van der Waals surface area contributed by atoms with Crippen LogP contribution in [0.15, 0.2) is 18.2 Å². The minimum atomic E-state index is -0.765. The molecule has 2 nitrogen and oxygen atoms in total. The fourth-order valence-corrected chi connectivity index (χ4v) is 2.27. The van der Waals surface area contributed by atoms with E-state index < -0.39 is 11.6 Å². The Morgan fingerprint density at radius 1 is 1.12 bits per heavy atom. The van der Waals surface area contributed by atoms with E-state index in [0.717, 1.165) is 45.2 Å². The largest absolute Gasteiger partial charge is 0.367 e. The summed E-state index contributed by atoms with van der Waals surface area (Å²) in [6.07, 6.45) is 1.13. The first-order valence-corrected chi connectivity index (χ1v) is 6.13. The second-order valence-electron chi connectivity index (χ2n) is 4.40. The van der Waals surface area contributed by atoms with Crippen LogP contribution in [0.2, 0.25) is 0 Å². The fraction of sp³-hybridized carbons (Fsp3) is 0.538. The first kappa shape index (κ1) is 12.3. The van der Waals surface area contributed by atoms with E-state index in [1.165, 1.54) is 0 Å². The number of halogens is 2. The number of benzene rings is 1. The van der Waals surface area contributed by atoms with Gasteiger partial charge in [0.25, 0.3) is 0 Å². The van der Waals surface area contributed by atoms with E-state index in [-0.39, 0.29) is 0 Å². The number of piperazine rings is 1. The van der Waals surface area contributed by atoms with Gasteiger partial charge in [-0.1, -0.05) is 13.0 Å². The van der Waals surface area contributed by atoms with Crippen molar-refractivity contribution in [3.63, 3.8) is 0 Å². The lowest BCUT2D eigenvalue weighted by Crippen LogP contribution is -2.46. The van der Waals surface area contributed by atoms with E-state index in [4.69, 9.17) is 0 Å². The molecule has 0 unspecified atom stereocenters. The molecule has 1 aliphatic heterocycles. The summed E-state index contributed by atoms with van der Waals surface area (Å²) in [6.45, 7) is 6.60. The van der Waals surface area contributed by atoms with Crippen molar-refractivity contribution in [2.75, 3.05) is 37.6 Å². The van der Waals surface area contributed by atoms with E-state index in [2.05, 4.69) is 11.8 Å². The highest BCUT2D eigenvalue weighted by Gasteiger charge is 2.20. The third-order valence-corrected chi connectivity index (χ3v) is 3.18. The number of anilines is 1. The van der Waals surface area contributed by atoms with E-state index in [1.54, 1.807) is 12.1 Å². The summed E-state index contributed by atoms with van der Waals surface area (Å²) >= 11 is 0. The average molecular weight is 240 g/mol. The van der Waals surface area contributed by atoms with E-state index in [1.807, 2.05) is 4.90 Å². The lowest BCUT2D eigenvalue weighted by atomic mass is 10.2. The van der Waals surface area contributed by atoms with Crippen LogP contribution in [0.3, 0.4) is 0 Å². The summed E-state index contributed by atoms with van der Waals surface area (Å²) in [7, 11) is 0. The van der Waals surface area contributed by atoms with Gasteiger partial charge in [-0.25, -0.2) is 8.78 Å². The van der Waals surface area contributed by atoms with Gasteiger partial charge in [0.05, 0.1) is 5.69 Å². The van der Waals surface area contributed by atoms with Crippen LogP contribution in [-0.2, 0) is 0 Å². The zero-order valence-electron chi connectivity index (χ0n) is 10.1. The topological polar surface area (TPSA) is 6.48 Å². The van der Waals surface area contributed by atoms with Gasteiger partial charge in [0.2, 0.25) is 0 Å². The van der Waals surface area contributed by atoms with Gasteiger partial charge in [-0.2, -0.15) is 0 Å². The predicted octanol–water partition coefficient (Wildman–Crippen LogP) is 2.50. The first-order chi connectivity index (χ1) is 8.22. The molecule has 4 heteroatoms. The molecule has 1 aromatic carbocycles. The Morgan fingerprint density at radius 3 is 2.47 bits per heavy atom. The number of hydrogen-bond acceptors (Lipinski definition) is 2. The smallest absolute Gasteiger partial charge is 0.182 e. The van der Waals surface area contributed by atoms with Gasteiger partial charge in [-0.05, 0) is 25.1 Å². The van der Waals surface area contributed by atoms with Crippen molar-refractivity contribution in [2.45, 2.75) is 13.3 Å². The van der Waals surface area contributed by atoms with E-state index >= 15 is 0 Å². The first-order valence-electron chi connectivity index (χ1n) is 6.13. The molecule has 17 heavy (non-hydrogen) atoms. The highest BCUT2D eigenvalue weighted by atomic mass is 19.2. The van der Waals surface area contributed by atoms with E-state index in [0.29, 0.717) is 5.69 Å². The molecular formula is C13H18F2N2. The molecule has 0 amide bonds. The zero-order valence-corrected chi connectivity index (χ0v) is 10.1. The number of nitrogens with zero attached hydrogens (tertiary/aromatic N) is 2. The molecule has 1 fully saturated rings. The molecule has 0 saturated carbocycles. The van der Waals surface area contributed by atoms with Crippen molar-refractivity contribution in [3.05, 3.63) is 29.8 Å². The van der Waals surface area contributed by atoms with Gasteiger partial charge in [0.1, 0.15) is 0 Å². The van der Waals surface area contributed by atoms with Crippen LogP contribution in [-0.4, -0.2) is 37.6 Å². The van der Waals surface area contributed by atoms with Gasteiger partial charge in [0.15, 0.2) is 11.6 Å². The van der Waals surface area contributed by atoms with Crippen molar-refractivity contribution >= 4 is 5.69 Å². The maximum Gasteiger partial charge on any atom is 0.182 e. The molecule has 0 radical (unpaired) electrons. The Morgan fingerprint density at radius 2 is 1.82 bits per heavy atom. The fourth-order valence-electron chi connectivity index (χ4n) is 2.27. The van der Waals surface area contributed by atoms with E-state index in [9.17, 15) is 8.78 Å². The second kappa shape index (κ2) is 5.45. The third-order valence-electron chi connectivity index (χ3n) is 3.18. The Hall–Kier alpha value is -1.16. The SMILES string of the molecule is CCCN1CCN(c2cccc(F)c2F)CC1. The van der Waals surface area contributed by atoms with Gasteiger partial charge < -0.3 is 4.90 Å². The summed E-state index contributed by atoms with van der Waals surface area (Å²) in [4.78, 5) is 4.28. The van der Waals surface area contributed by atoms with Crippen molar-refractivity contribution in [3.8, 4) is 0 Å². The van der Waals surface area contributed by atoms with Crippen molar-refractivity contribution in [1.82, 2.24) is 4.90 Å². The maximum atomic E-state index is 13.6. The van der Waals surface area contributed by atoms with Gasteiger partial charge in [-0.3, -0.25) is 4.90 Å². The van der Waals surface area contributed by atoms with Crippen LogP contribution < -0.4 is 4.90 Å². The predicted molar refractivity (Wildman–Crippen MR) is 65.3 cm³/mol. The van der Waals surface area contributed by atoms with Crippen LogP contribution >= 0.6 is 0 Å². The minimum absolute atomic E-state index is 0.390. The molecule has 0 spiro atoms. The lowest BCUT2D eigenvalue weighted by Gasteiger charge is -2.36. The monoisotopic (exact) mass is 240 g/mol. The normalized spacial score (nSPS) is 17.5. The lowest BCUT2D eigenvalue weighted by molar-refractivity contribution is 0.257. The Labute approximate surface area is 101 Å². The highest BCUT2D eigenvalue weighted by Crippen LogP contribution is 2.22. The summed E-state index contributed by atoms with van der Waals surface area (Å²) in [5.74, 6) is -1.49. The van der Waals surface area contributed by atoms with Crippen LogP contribution in [0.4, 0.5) is 14.5 Å².